The highest BCUT2D eigenvalue weighted by atomic mass is 15.2. The Morgan fingerprint density at radius 2 is 1.92 bits per heavy atom. The number of aryl methyl sites for hydroxylation is 1. The summed E-state index contributed by atoms with van der Waals surface area (Å²) < 4.78 is 2.12. The molecule has 1 aliphatic rings. The van der Waals surface area contributed by atoms with Gasteiger partial charge in [-0.2, -0.15) is 0 Å². The quantitative estimate of drug-likeness (QED) is 0.804. The van der Waals surface area contributed by atoms with Gasteiger partial charge in [-0.05, 0) is 36.6 Å². The van der Waals surface area contributed by atoms with Crippen LogP contribution in [0.15, 0.2) is 54.9 Å². The van der Waals surface area contributed by atoms with Crippen LogP contribution in [0, 0.1) is 12.8 Å². The smallest absolute Gasteiger partial charge is 0.137 e. The predicted molar refractivity (Wildman–Crippen MR) is 96.9 cm³/mol. The summed E-state index contributed by atoms with van der Waals surface area (Å²) in [4.78, 5) is 7.25. The molecular formula is C20H24N4. The van der Waals surface area contributed by atoms with Gasteiger partial charge in [0.05, 0.1) is 5.69 Å². The molecule has 0 amide bonds. The van der Waals surface area contributed by atoms with Crippen LogP contribution >= 0.6 is 0 Å². The Balaban J connectivity index is 1.52. The number of likely N-dealkylation sites (tertiary alicyclic amines) is 1. The van der Waals surface area contributed by atoms with Gasteiger partial charge in [-0.1, -0.05) is 36.4 Å². The number of aromatic nitrogens is 2. The third kappa shape index (κ3) is 2.95. The van der Waals surface area contributed by atoms with E-state index in [9.17, 15) is 0 Å². The van der Waals surface area contributed by atoms with Crippen molar-refractivity contribution in [2.75, 3.05) is 19.6 Å². The number of benzene rings is 1. The first-order chi connectivity index (χ1) is 11.7. The molecule has 124 valence electrons. The second kappa shape index (κ2) is 6.38. The summed E-state index contributed by atoms with van der Waals surface area (Å²) in [5, 5.41) is 0. The van der Waals surface area contributed by atoms with Crippen LogP contribution < -0.4 is 5.73 Å². The van der Waals surface area contributed by atoms with Crippen LogP contribution in [0.5, 0.6) is 0 Å². The van der Waals surface area contributed by atoms with Crippen LogP contribution in [0.3, 0.4) is 0 Å². The lowest BCUT2D eigenvalue weighted by atomic mass is 9.89. The first-order valence-electron chi connectivity index (χ1n) is 8.64. The maximum Gasteiger partial charge on any atom is 0.137 e. The molecule has 1 fully saturated rings. The monoisotopic (exact) mass is 320 g/mol. The van der Waals surface area contributed by atoms with E-state index in [0.717, 1.165) is 37.5 Å². The molecule has 0 bridgehead atoms. The topological polar surface area (TPSA) is 46.6 Å². The third-order valence-electron chi connectivity index (χ3n) is 5.08. The standard InChI is InChI=1S/C20H24N4/c1-15-7-8-20-22-18(13-24(20)10-15)12-23-11-17(9-21)19(14-23)16-5-3-2-4-6-16/h2-8,10,13,17,19H,9,11-12,14,21H2,1H3/t17-,19+/m1/s1. The summed E-state index contributed by atoms with van der Waals surface area (Å²) in [6.07, 6.45) is 4.28. The molecule has 1 aliphatic heterocycles. The van der Waals surface area contributed by atoms with Crippen molar-refractivity contribution in [3.63, 3.8) is 0 Å². The normalized spacial score (nSPS) is 21.6. The van der Waals surface area contributed by atoms with E-state index in [0.29, 0.717) is 11.8 Å². The Morgan fingerprint density at radius 3 is 2.71 bits per heavy atom. The van der Waals surface area contributed by atoms with Crippen molar-refractivity contribution in [3.05, 3.63) is 71.7 Å². The fourth-order valence-corrected chi connectivity index (χ4v) is 3.87. The van der Waals surface area contributed by atoms with Crippen LogP contribution in [0.2, 0.25) is 0 Å². The average Bonchev–Trinajstić information content (AvgIpc) is 3.18. The first-order valence-corrected chi connectivity index (χ1v) is 8.64. The maximum absolute atomic E-state index is 6.05. The fourth-order valence-electron chi connectivity index (χ4n) is 3.87. The number of imidazole rings is 1. The lowest BCUT2D eigenvalue weighted by molar-refractivity contribution is 0.313. The van der Waals surface area contributed by atoms with Crippen LogP contribution in [-0.2, 0) is 6.54 Å². The largest absolute Gasteiger partial charge is 0.330 e. The van der Waals surface area contributed by atoms with Crippen LogP contribution in [-0.4, -0.2) is 33.9 Å². The molecule has 1 saturated heterocycles. The third-order valence-corrected chi connectivity index (χ3v) is 5.08. The molecular weight excluding hydrogens is 296 g/mol. The van der Waals surface area contributed by atoms with Gasteiger partial charge in [-0.3, -0.25) is 4.90 Å². The van der Waals surface area contributed by atoms with Gasteiger partial charge in [0, 0.05) is 37.9 Å². The number of hydrogen-bond acceptors (Lipinski definition) is 3. The van der Waals surface area contributed by atoms with Gasteiger partial charge < -0.3 is 10.1 Å². The van der Waals surface area contributed by atoms with Crippen molar-refractivity contribution in [1.82, 2.24) is 14.3 Å². The van der Waals surface area contributed by atoms with Crippen LogP contribution in [0.4, 0.5) is 0 Å². The summed E-state index contributed by atoms with van der Waals surface area (Å²) in [5.41, 5.74) is 10.9. The summed E-state index contributed by atoms with van der Waals surface area (Å²) >= 11 is 0. The van der Waals surface area contributed by atoms with E-state index >= 15 is 0 Å². The Hall–Kier alpha value is -2.17. The molecule has 0 spiro atoms. The van der Waals surface area contributed by atoms with Crippen molar-refractivity contribution < 1.29 is 0 Å². The molecule has 2 N–H and O–H groups in total. The Morgan fingerprint density at radius 1 is 1.08 bits per heavy atom. The van der Waals surface area contributed by atoms with E-state index in [2.05, 4.69) is 71.1 Å². The average molecular weight is 320 g/mol. The minimum absolute atomic E-state index is 0.520. The number of hydrogen-bond donors (Lipinski definition) is 1. The van der Waals surface area contributed by atoms with E-state index in [1.165, 1.54) is 11.1 Å². The maximum atomic E-state index is 6.05. The Kier molecular flexibility index (Phi) is 4.08. The molecule has 0 saturated carbocycles. The molecule has 0 aliphatic carbocycles. The Bertz CT molecular complexity index is 824. The zero-order valence-corrected chi connectivity index (χ0v) is 14.1. The summed E-state index contributed by atoms with van der Waals surface area (Å²) in [6, 6.07) is 15.0. The highest BCUT2D eigenvalue weighted by Gasteiger charge is 2.32. The lowest BCUT2D eigenvalue weighted by Crippen LogP contribution is -2.23. The zero-order valence-electron chi connectivity index (χ0n) is 14.1. The molecule has 2 atom stereocenters. The number of rotatable bonds is 4. The van der Waals surface area contributed by atoms with Gasteiger partial charge in [0.1, 0.15) is 5.65 Å². The van der Waals surface area contributed by atoms with Crippen molar-refractivity contribution in [3.8, 4) is 0 Å². The van der Waals surface area contributed by atoms with E-state index in [1.807, 2.05) is 0 Å². The van der Waals surface area contributed by atoms with Gasteiger partial charge in [-0.15, -0.1) is 0 Å². The van der Waals surface area contributed by atoms with Crippen molar-refractivity contribution >= 4 is 5.65 Å². The highest BCUT2D eigenvalue weighted by molar-refractivity contribution is 5.41. The Labute approximate surface area is 142 Å². The van der Waals surface area contributed by atoms with E-state index in [4.69, 9.17) is 10.7 Å². The highest BCUT2D eigenvalue weighted by Crippen LogP contribution is 2.32. The van der Waals surface area contributed by atoms with Crippen molar-refractivity contribution in [2.24, 2.45) is 11.7 Å². The fraction of sp³-hybridized carbons (Fsp3) is 0.350. The molecule has 0 unspecified atom stereocenters. The minimum atomic E-state index is 0.520. The number of nitrogens with two attached hydrogens (primary N) is 1. The summed E-state index contributed by atoms with van der Waals surface area (Å²) in [5.74, 6) is 1.04. The van der Waals surface area contributed by atoms with Crippen LogP contribution in [0.25, 0.3) is 5.65 Å². The van der Waals surface area contributed by atoms with E-state index in [-0.39, 0.29) is 0 Å². The lowest BCUT2D eigenvalue weighted by Gasteiger charge is -2.16. The van der Waals surface area contributed by atoms with Gasteiger partial charge in [-0.25, -0.2) is 4.98 Å². The van der Waals surface area contributed by atoms with Crippen molar-refractivity contribution in [1.29, 1.82) is 0 Å². The van der Waals surface area contributed by atoms with Crippen LogP contribution in [0.1, 0.15) is 22.7 Å². The molecule has 0 radical (unpaired) electrons. The van der Waals surface area contributed by atoms with E-state index < -0.39 is 0 Å². The molecule has 2 aromatic heterocycles. The molecule has 4 nitrogen and oxygen atoms in total. The molecule has 1 aromatic carbocycles. The van der Waals surface area contributed by atoms with Gasteiger partial charge >= 0.3 is 0 Å². The van der Waals surface area contributed by atoms with Gasteiger partial charge in [0.15, 0.2) is 0 Å². The number of pyridine rings is 1. The SMILES string of the molecule is Cc1ccc2nc(CN3C[C@@H](CN)[C@H](c4ccccc4)C3)cn2c1. The molecule has 4 rings (SSSR count). The second-order valence-corrected chi connectivity index (χ2v) is 6.91. The first kappa shape index (κ1) is 15.4. The molecule has 4 heteroatoms. The second-order valence-electron chi connectivity index (χ2n) is 6.91. The number of fused-ring (bicyclic) bond motifs is 1. The zero-order chi connectivity index (χ0) is 16.5. The summed E-state index contributed by atoms with van der Waals surface area (Å²) in [7, 11) is 0. The van der Waals surface area contributed by atoms with Gasteiger partial charge in [0.25, 0.3) is 0 Å². The number of nitrogens with zero attached hydrogens (tertiary/aromatic N) is 3. The minimum Gasteiger partial charge on any atom is -0.330 e. The van der Waals surface area contributed by atoms with Crippen molar-refractivity contribution in [2.45, 2.75) is 19.4 Å². The predicted octanol–water partition coefficient (Wildman–Crippen LogP) is 2.82. The summed E-state index contributed by atoms with van der Waals surface area (Å²) in [6.45, 7) is 5.83. The van der Waals surface area contributed by atoms with E-state index in [1.54, 1.807) is 0 Å². The molecule has 24 heavy (non-hydrogen) atoms. The van der Waals surface area contributed by atoms with Gasteiger partial charge in [0.2, 0.25) is 0 Å². The molecule has 3 heterocycles. The molecule has 3 aromatic rings.